The number of carbonyl (C=O) groups excluding carboxylic acids is 2. The molecule has 0 spiro atoms. The molecule has 0 unspecified atom stereocenters. The number of hydrogen-bond donors (Lipinski definition) is 1. The maximum Gasteiger partial charge on any atom is 0.308 e. The van der Waals surface area contributed by atoms with E-state index in [1.807, 2.05) is 18.2 Å². The molecule has 31 heavy (non-hydrogen) atoms. The number of rotatable bonds is 8. The van der Waals surface area contributed by atoms with Gasteiger partial charge in [-0.05, 0) is 53.6 Å². The van der Waals surface area contributed by atoms with E-state index in [1.165, 1.54) is 20.1 Å². The molecule has 0 radical (unpaired) electrons. The minimum absolute atomic E-state index is 0.291. The van der Waals surface area contributed by atoms with Gasteiger partial charge in [0.1, 0.15) is 12.4 Å². The summed E-state index contributed by atoms with van der Waals surface area (Å²) >= 11 is 0. The van der Waals surface area contributed by atoms with E-state index in [-0.39, 0.29) is 5.91 Å². The molecule has 0 saturated heterocycles. The lowest BCUT2D eigenvalue weighted by atomic mass is 10.2. The summed E-state index contributed by atoms with van der Waals surface area (Å²) in [5.41, 5.74) is 2.26. The summed E-state index contributed by atoms with van der Waals surface area (Å²) in [6.45, 7) is 1.68. The van der Waals surface area contributed by atoms with Gasteiger partial charge in [-0.15, -0.1) is 0 Å². The van der Waals surface area contributed by atoms with Crippen molar-refractivity contribution < 1.29 is 23.8 Å². The van der Waals surface area contributed by atoms with Gasteiger partial charge in [-0.2, -0.15) is 0 Å². The molecule has 0 bridgehead atoms. The third-order valence-electron chi connectivity index (χ3n) is 4.12. The lowest BCUT2D eigenvalue weighted by Crippen LogP contribution is -2.08. The van der Waals surface area contributed by atoms with Crippen LogP contribution in [-0.4, -0.2) is 24.0 Å². The Kier molecular flexibility index (Phi) is 7.37. The zero-order valence-electron chi connectivity index (χ0n) is 17.2. The topological polar surface area (TPSA) is 86.8 Å². The van der Waals surface area contributed by atoms with E-state index in [9.17, 15) is 9.59 Å². The van der Waals surface area contributed by atoms with Gasteiger partial charge in [-0.3, -0.25) is 14.6 Å². The highest BCUT2D eigenvalue weighted by molar-refractivity contribution is 6.02. The van der Waals surface area contributed by atoms with Crippen LogP contribution < -0.4 is 19.5 Å². The molecule has 7 heteroatoms. The third kappa shape index (κ3) is 6.71. The molecule has 1 heterocycles. The Morgan fingerprint density at radius 3 is 2.58 bits per heavy atom. The average Bonchev–Trinajstić information content (AvgIpc) is 2.77. The van der Waals surface area contributed by atoms with Crippen LogP contribution in [0.25, 0.3) is 6.08 Å². The number of hydrogen-bond acceptors (Lipinski definition) is 6. The maximum atomic E-state index is 12.3. The minimum Gasteiger partial charge on any atom is -0.493 e. The molecule has 0 aliphatic heterocycles. The van der Waals surface area contributed by atoms with Crippen molar-refractivity contribution in [2.45, 2.75) is 13.5 Å². The first kappa shape index (κ1) is 21.6. The Morgan fingerprint density at radius 2 is 1.84 bits per heavy atom. The molecule has 1 amide bonds. The van der Waals surface area contributed by atoms with Gasteiger partial charge in [0, 0.05) is 31.1 Å². The molecule has 1 aromatic heterocycles. The molecule has 7 nitrogen and oxygen atoms in total. The van der Waals surface area contributed by atoms with Crippen LogP contribution in [0.4, 0.5) is 5.69 Å². The quantitative estimate of drug-likeness (QED) is 0.334. The second-order valence-electron chi connectivity index (χ2n) is 6.50. The zero-order chi connectivity index (χ0) is 22.1. The first-order valence-electron chi connectivity index (χ1n) is 9.51. The van der Waals surface area contributed by atoms with E-state index in [4.69, 9.17) is 14.2 Å². The predicted octanol–water partition coefficient (Wildman–Crippen LogP) is 4.25. The number of nitrogens with zero attached hydrogens (tertiary/aromatic N) is 1. The summed E-state index contributed by atoms with van der Waals surface area (Å²) < 4.78 is 16.0. The highest BCUT2D eigenvalue weighted by Gasteiger charge is 2.07. The number of nitrogens with one attached hydrogen (secondary N) is 1. The van der Waals surface area contributed by atoms with Gasteiger partial charge < -0.3 is 19.5 Å². The third-order valence-corrected chi connectivity index (χ3v) is 4.12. The molecule has 3 aromatic rings. The lowest BCUT2D eigenvalue weighted by Gasteiger charge is -2.09. The summed E-state index contributed by atoms with van der Waals surface area (Å²) in [5, 5.41) is 2.82. The van der Waals surface area contributed by atoms with Crippen molar-refractivity contribution in [1.82, 2.24) is 4.98 Å². The molecule has 2 aromatic carbocycles. The molecule has 3 rings (SSSR count). The Morgan fingerprint density at radius 1 is 1.03 bits per heavy atom. The number of aromatic nitrogens is 1. The highest BCUT2D eigenvalue weighted by atomic mass is 16.6. The molecule has 158 valence electrons. The predicted molar refractivity (Wildman–Crippen MR) is 117 cm³/mol. The van der Waals surface area contributed by atoms with E-state index in [1.54, 1.807) is 54.9 Å². The Hall–Kier alpha value is -4.13. The van der Waals surface area contributed by atoms with Crippen molar-refractivity contribution in [2.75, 3.05) is 12.4 Å². The van der Waals surface area contributed by atoms with Crippen molar-refractivity contribution >= 4 is 23.6 Å². The zero-order valence-corrected chi connectivity index (χ0v) is 17.2. The second kappa shape index (κ2) is 10.6. The van der Waals surface area contributed by atoms with Crippen molar-refractivity contribution in [1.29, 1.82) is 0 Å². The maximum absolute atomic E-state index is 12.3. The second-order valence-corrected chi connectivity index (χ2v) is 6.50. The fourth-order valence-corrected chi connectivity index (χ4v) is 2.73. The minimum atomic E-state index is -0.454. The van der Waals surface area contributed by atoms with Gasteiger partial charge in [0.25, 0.3) is 0 Å². The van der Waals surface area contributed by atoms with Crippen molar-refractivity contribution in [3.8, 4) is 17.2 Å². The van der Waals surface area contributed by atoms with Crippen molar-refractivity contribution in [3.05, 3.63) is 84.2 Å². The van der Waals surface area contributed by atoms with Crippen LogP contribution in [0.15, 0.2) is 73.1 Å². The van der Waals surface area contributed by atoms with Gasteiger partial charge in [-0.1, -0.05) is 18.2 Å². The number of esters is 1. The molecular weight excluding hydrogens is 396 g/mol. The van der Waals surface area contributed by atoms with Crippen LogP contribution in [0.3, 0.4) is 0 Å². The molecule has 0 fully saturated rings. The smallest absolute Gasteiger partial charge is 0.308 e. The van der Waals surface area contributed by atoms with Crippen molar-refractivity contribution in [2.24, 2.45) is 0 Å². The number of methoxy groups -OCH3 is 1. The van der Waals surface area contributed by atoms with E-state index in [0.29, 0.717) is 29.4 Å². The van der Waals surface area contributed by atoms with Crippen LogP contribution in [0, 0.1) is 0 Å². The van der Waals surface area contributed by atoms with Gasteiger partial charge in [0.2, 0.25) is 5.91 Å². The SMILES string of the molecule is COc1ccc(C=CC(=O)Nc2cccc(COc3ccncc3)c2)cc1OC(C)=O. The van der Waals surface area contributed by atoms with Crippen molar-refractivity contribution in [3.63, 3.8) is 0 Å². The van der Waals surface area contributed by atoms with Gasteiger partial charge >= 0.3 is 5.97 Å². The lowest BCUT2D eigenvalue weighted by molar-refractivity contribution is -0.132. The summed E-state index contributed by atoms with van der Waals surface area (Å²) in [4.78, 5) is 27.5. The number of pyridine rings is 1. The summed E-state index contributed by atoms with van der Waals surface area (Å²) in [6.07, 6.45) is 6.35. The van der Waals surface area contributed by atoms with Crippen LogP contribution in [0.1, 0.15) is 18.1 Å². The Bertz CT molecular complexity index is 1080. The molecular formula is C24H22N2O5. The fourth-order valence-electron chi connectivity index (χ4n) is 2.73. The van der Waals surface area contributed by atoms with E-state index in [2.05, 4.69) is 10.3 Å². The number of anilines is 1. The summed E-state index contributed by atoms with van der Waals surface area (Å²) in [5.74, 6) is 0.698. The van der Waals surface area contributed by atoms with Crippen LogP contribution in [0.5, 0.6) is 17.2 Å². The van der Waals surface area contributed by atoms with E-state index in [0.717, 1.165) is 11.3 Å². The van der Waals surface area contributed by atoms with E-state index >= 15 is 0 Å². The average molecular weight is 418 g/mol. The van der Waals surface area contributed by atoms with E-state index < -0.39 is 5.97 Å². The van der Waals surface area contributed by atoms with Gasteiger partial charge in [-0.25, -0.2) is 0 Å². The highest BCUT2D eigenvalue weighted by Crippen LogP contribution is 2.28. The normalized spacial score (nSPS) is 10.5. The first-order valence-corrected chi connectivity index (χ1v) is 9.51. The van der Waals surface area contributed by atoms with Crippen LogP contribution >= 0.6 is 0 Å². The molecule has 1 N–H and O–H groups in total. The number of carbonyl (C=O) groups is 2. The molecule has 0 atom stereocenters. The Balaban J connectivity index is 1.61. The number of amides is 1. The summed E-state index contributed by atoms with van der Waals surface area (Å²) in [7, 11) is 1.49. The molecule has 0 saturated carbocycles. The summed E-state index contributed by atoms with van der Waals surface area (Å²) in [6, 6.07) is 16.0. The first-order chi connectivity index (χ1) is 15.0. The molecule has 0 aliphatic rings. The number of benzene rings is 2. The van der Waals surface area contributed by atoms with Gasteiger partial charge in [0.05, 0.1) is 7.11 Å². The monoisotopic (exact) mass is 418 g/mol. The van der Waals surface area contributed by atoms with Crippen LogP contribution in [-0.2, 0) is 16.2 Å². The standard InChI is InChI=1S/C24H22N2O5/c1-17(27)31-23-15-18(6-8-22(23)29-2)7-9-24(28)26-20-5-3-4-19(14-20)16-30-21-10-12-25-13-11-21/h3-15H,16H2,1-2H3,(H,26,28). The molecule has 0 aliphatic carbocycles. The van der Waals surface area contributed by atoms with Gasteiger partial charge in [0.15, 0.2) is 11.5 Å². The largest absolute Gasteiger partial charge is 0.493 e. The number of ether oxygens (including phenoxy) is 3. The van der Waals surface area contributed by atoms with Crippen LogP contribution in [0.2, 0.25) is 0 Å². The Labute approximate surface area is 180 Å². The fraction of sp³-hybridized carbons (Fsp3) is 0.125.